The lowest BCUT2D eigenvalue weighted by molar-refractivity contribution is 0.0702. The van der Waals surface area contributed by atoms with Crippen LogP contribution in [0.25, 0.3) is 0 Å². The predicted molar refractivity (Wildman–Crippen MR) is 67.3 cm³/mol. The highest BCUT2D eigenvalue weighted by molar-refractivity contribution is 7.91. The highest BCUT2D eigenvalue weighted by Gasteiger charge is 2.23. The number of hydrogen-bond acceptors (Lipinski definition) is 5. The Bertz CT molecular complexity index is 522. The predicted octanol–water partition coefficient (Wildman–Crippen LogP) is 0.742. The summed E-state index contributed by atoms with van der Waals surface area (Å²) in [4.78, 5) is 10.7. The minimum absolute atomic E-state index is 0.0294. The first-order valence-corrected chi connectivity index (χ1v) is 7.54. The zero-order valence-corrected chi connectivity index (χ0v) is 11.6. The van der Waals surface area contributed by atoms with Gasteiger partial charge >= 0.3 is 5.97 Å². The second-order valence-corrected chi connectivity index (χ2v) is 7.02. The van der Waals surface area contributed by atoms with Crippen LogP contribution in [0, 0.1) is 5.92 Å². The van der Waals surface area contributed by atoms with Crippen LogP contribution in [0.4, 0.5) is 0 Å². The van der Waals surface area contributed by atoms with Crippen LogP contribution in [-0.4, -0.2) is 37.2 Å². The summed E-state index contributed by atoms with van der Waals surface area (Å²) in [5, 5.41) is 17.7. The molecule has 2 unspecified atom stereocenters. The van der Waals surface area contributed by atoms with Gasteiger partial charge in [0.15, 0.2) is 0 Å². The Balaban J connectivity index is 2.89. The minimum atomic E-state index is -3.73. The van der Waals surface area contributed by atoms with Gasteiger partial charge in [-0.25, -0.2) is 17.9 Å². The molecule has 1 rings (SSSR count). The number of thiophene rings is 1. The van der Waals surface area contributed by atoms with Crippen LogP contribution in [0.2, 0.25) is 0 Å². The molecule has 0 aliphatic heterocycles. The van der Waals surface area contributed by atoms with Gasteiger partial charge < -0.3 is 10.2 Å². The van der Waals surface area contributed by atoms with Crippen LogP contribution in [-0.2, 0) is 10.0 Å². The van der Waals surface area contributed by atoms with E-state index in [4.69, 9.17) is 10.2 Å². The molecular weight excluding hydrogens is 278 g/mol. The molecule has 0 saturated carbocycles. The SMILES string of the molecule is CC(CO)C(C)NS(=O)(=O)c1ccc(C(=O)O)s1. The van der Waals surface area contributed by atoms with E-state index in [1.807, 2.05) is 0 Å². The van der Waals surface area contributed by atoms with Crippen LogP contribution in [0.1, 0.15) is 23.5 Å². The lowest BCUT2D eigenvalue weighted by Gasteiger charge is -2.18. The van der Waals surface area contributed by atoms with Gasteiger partial charge in [0.1, 0.15) is 9.09 Å². The van der Waals surface area contributed by atoms with Crippen molar-refractivity contribution in [2.24, 2.45) is 5.92 Å². The fraction of sp³-hybridized carbons (Fsp3) is 0.500. The van der Waals surface area contributed by atoms with Gasteiger partial charge in [-0.15, -0.1) is 11.3 Å². The number of carboxylic acids is 1. The first kappa shape index (κ1) is 15.1. The third kappa shape index (κ3) is 3.52. The number of sulfonamides is 1. The van der Waals surface area contributed by atoms with E-state index >= 15 is 0 Å². The third-order valence-electron chi connectivity index (χ3n) is 2.54. The molecular formula is C10H15NO5S2. The average molecular weight is 293 g/mol. The fourth-order valence-electron chi connectivity index (χ4n) is 1.16. The van der Waals surface area contributed by atoms with Gasteiger partial charge in [0.2, 0.25) is 10.0 Å². The Kier molecular flexibility index (Phi) is 4.85. The maximum Gasteiger partial charge on any atom is 0.345 e. The van der Waals surface area contributed by atoms with E-state index in [1.165, 1.54) is 12.1 Å². The maximum atomic E-state index is 11.9. The summed E-state index contributed by atoms with van der Waals surface area (Å²) in [5.41, 5.74) is 0. The Morgan fingerprint density at radius 1 is 1.44 bits per heavy atom. The van der Waals surface area contributed by atoms with Crippen LogP contribution < -0.4 is 4.72 Å². The van der Waals surface area contributed by atoms with Gasteiger partial charge in [-0.3, -0.25) is 0 Å². The van der Waals surface area contributed by atoms with Crippen molar-refractivity contribution in [1.29, 1.82) is 0 Å². The van der Waals surface area contributed by atoms with Crippen molar-refractivity contribution in [2.45, 2.75) is 24.1 Å². The van der Waals surface area contributed by atoms with E-state index in [1.54, 1.807) is 13.8 Å². The van der Waals surface area contributed by atoms with E-state index < -0.39 is 22.0 Å². The first-order valence-electron chi connectivity index (χ1n) is 5.24. The highest BCUT2D eigenvalue weighted by Crippen LogP contribution is 2.22. The largest absolute Gasteiger partial charge is 0.477 e. The zero-order chi connectivity index (χ0) is 13.9. The standard InChI is InChI=1S/C10H15NO5S2/c1-6(5-12)7(2)11-18(15,16)9-4-3-8(17-9)10(13)14/h3-4,6-7,11-12H,5H2,1-2H3,(H,13,14). The van der Waals surface area contributed by atoms with Crippen molar-refractivity contribution in [2.75, 3.05) is 6.61 Å². The molecule has 102 valence electrons. The van der Waals surface area contributed by atoms with Gasteiger partial charge in [0, 0.05) is 12.6 Å². The molecule has 1 aromatic heterocycles. The van der Waals surface area contributed by atoms with Gasteiger partial charge in [0.25, 0.3) is 0 Å². The highest BCUT2D eigenvalue weighted by atomic mass is 32.2. The Hall–Kier alpha value is -0.960. The number of rotatable bonds is 6. The molecule has 0 spiro atoms. The minimum Gasteiger partial charge on any atom is -0.477 e. The van der Waals surface area contributed by atoms with E-state index in [0.717, 1.165) is 0 Å². The molecule has 0 aliphatic carbocycles. The zero-order valence-electron chi connectivity index (χ0n) is 9.95. The van der Waals surface area contributed by atoms with Gasteiger partial charge in [-0.1, -0.05) is 6.92 Å². The maximum absolute atomic E-state index is 11.9. The topological polar surface area (TPSA) is 104 Å². The van der Waals surface area contributed by atoms with Crippen molar-refractivity contribution >= 4 is 27.3 Å². The summed E-state index contributed by atoms with van der Waals surface area (Å²) in [5.74, 6) is -1.38. The molecule has 0 radical (unpaired) electrons. The Labute approximate surface area is 109 Å². The van der Waals surface area contributed by atoms with Crippen molar-refractivity contribution in [3.63, 3.8) is 0 Å². The van der Waals surface area contributed by atoms with Crippen molar-refractivity contribution in [1.82, 2.24) is 4.72 Å². The van der Waals surface area contributed by atoms with Gasteiger partial charge in [0.05, 0.1) is 0 Å². The van der Waals surface area contributed by atoms with Crippen molar-refractivity contribution in [3.05, 3.63) is 17.0 Å². The number of hydrogen-bond donors (Lipinski definition) is 3. The lowest BCUT2D eigenvalue weighted by atomic mass is 10.1. The van der Waals surface area contributed by atoms with E-state index in [-0.39, 0.29) is 21.6 Å². The van der Waals surface area contributed by atoms with Crippen molar-refractivity contribution < 1.29 is 23.4 Å². The lowest BCUT2D eigenvalue weighted by Crippen LogP contribution is -2.37. The van der Waals surface area contributed by atoms with Gasteiger partial charge in [-0.05, 0) is 25.0 Å². The average Bonchev–Trinajstić information content (AvgIpc) is 2.77. The number of aromatic carboxylic acids is 1. The summed E-state index contributed by atoms with van der Waals surface area (Å²) < 4.78 is 26.2. The molecule has 0 saturated heterocycles. The number of aliphatic hydroxyl groups excluding tert-OH is 1. The monoisotopic (exact) mass is 293 g/mol. The molecule has 18 heavy (non-hydrogen) atoms. The number of carboxylic acid groups (broad SMARTS) is 1. The smallest absolute Gasteiger partial charge is 0.345 e. The van der Waals surface area contributed by atoms with Crippen molar-refractivity contribution in [3.8, 4) is 0 Å². The molecule has 2 atom stereocenters. The molecule has 3 N–H and O–H groups in total. The number of carbonyl (C=O) groups is 1. The van der Waals surface area contributed by atoms with E-state index in [0.29, 0.717) is 11.3 Å². The van der Waals surface area contributed by atoms with E-state index in [9.17, 15) is 13.2 Å². The summed E-state index contributed by atoms with van der Waals surface area (Å²) in [6, 6.07) is 2.07. The molecule has 8 heteroatoms. The second-order valence-electron chi connectivity index (χ2n) is 3.99. The van der Waals surface area contributed by atoms with Gasteiger partial charge in [-0.2, -0.15) is 0 Å². The quantitative estimate of drug-likeness (QED) is 0.717. The van der Waals surface area contributed by atoms with Crippen LogP contribution in [0.5, 0.6) is 0 Å². The Morgan fingerprint density at radius 3 is 2.50 bits per heavy atom. The normalized spacial score (nSPS) is 15.3. The molecule has 1 aromatic rings. The second kappa shape index (κ2) is 5.79. The summed E-state index contributed by atoms with van der Waals surface area (Å²) in [7, 11) is -3.73. The molecule has 1 heterocycles. The molecule has 0 aromatic carbocycles. The van der Waals surface area contributed by atoms with Crippen LogP contribution >= 0.6 is 11.3 Å². The molecule has 0 fully saturated rings. The molecule has 0 amide bonds. The fourth-order valence-corrected chi connectivity index (χ4v) is 3.67. The third-order valence-corrected chi connectivity index (χ3v) is 5.66. The number of nitrogens with one attached hydrogen (secondary N) is 1. The summed E-state index contributed by atoms with van der Waals surface area (Å²) in [6.45, 7) is 3.23. The molecule has 0 bridgehead atoms. The van der Waals surface area contributed by atoms with E-state index in [2.05, 4.69) is 4.72 Å². The van der Waals surface area contributed by atoms with Crippen LogP contribution in [0.3, 0.4) is 0 Å². The number of aliphatic hydroxyl groups is 1. The summed E-state index contributed by atoms with van der Waals surface area (Å²) >= 11 is 0.697. The summed E-state index contributed by atoms with van der Waals surface area (Å²) in [6.07, 6.45) is 0. The van der Waals surface area contributed by atoms with Crippen LogP contribution in [0.15, 0.2) is 16.3 Å². The first-order chi connectivity index (χ1) is 8.27. The molecule has 6 nitrogen and oxygen atoms in total. The molecule has 0 aliphatic rings. The Morgan fingerprint density at radius 2 is 2.06 bits per heavy atom.